The van der Waals surface area contributed by atoms with Crippen LogP contribution in [0.15, 0.2) is 12.2 Å². The smallest absolute Gasteiger partial charge is 0.266 e. The molecule has 0 spiro atoms. The van der Waals surface area contributed by atoms with E-state index in [0.29, 0.717) is 11.8 Å². The Kier molecular flexibility index (Phi) is 7.29. The number of allylic oxidation sites excluding steroid dienone is 1. The van der Waals surface area contributed by atoms with Gasteiger partial charge in [-0.2, -0.15) is 8.78 Å². The van der Waals surface area contributed by atoms with Crippen molar-refractivity contribution < 1.29 is 18.3 Å². The van der Waals surface area contributed by atoms with E-state index in [2.05, 4.69) is 6.92 Å². The zero-order valence-electron chi connectivity index (χ0n) is 15.6. The van der Waals surface area contributed by atoms with E-state index >= 15 is 0 Å². The molecule has 3 fully saturated rings. The lowest BCUT2D eigenvalue weighted by atomic mass is 9.76. The standard InChI is InChI=1S/C21H34F2O2/c1-15-2-9-18(10-3-15)19-13-24-21(25-14-19)11-8-16-4-6-17(7-5-16)12-20(22)23/h12,15-19,21H,2-11,13-14H2,1H3. The Hall–Kier alpha value is -0.480. The Morgan fingerprint density at radius 3 is 2.08 bits per heavy atom. The molecular weight excluding hydrogens is 322 g/mol. The summed E-state index contributed by atoms with van der Waals surface area (Å²) in [6, 6.07) is 0. The van der Waals surface area contributed by atoms with Crippen LogP contribution in [0.5, 0.6) is 0 Å². The normalized spacial score (nSPS) is 39.8. The van der Waals surface area contributed by atoms with Gasteiger partial charge in [-0.15, -0.1) is 0 Å². The predicted octanol–water partition coefficient (Wildman–Crippen LogP) is 6.17. The topological polar surface area (TPSA) is 18.5 Å². The summed E-state index contributed by atoms with van der Waals surface area (Å²) in [4.78, 5) is 0. The maximum Gasteiger partial charge on any atom is 0.266 e. The van der Waals surface area contributed by atoms with Crippen LogP contribution in [0.25, 0.3) is 0 Å². The molecule has 2 aliphatic carbocycles. The molecule has 0 aromatic heterocycles. The second-order valence-corrected chi connectivity index (χ2v) is 8.69. The minimum atomic E-state index is -1.52. The van der Waals surface area contributed by atoms with Gasteiger partial charge in [0.25, 0.3) is 6.08 Å². The van der Waals surface area contributed by atoms with Crippen molar-refractivity contribution in [3.63, 3.8) is 0 Å². The lowest BCUT2D eigenvalue weighted by Crippen LogP contribution is -2.37. The van der Waals surface area contributed by atoms with Gasteiger partial charge in [0.1, 0.15) is 0 Å². The highest BCUT2D eigenvalue weighted by molar-refractivity contribution is 4.90. The van der Waals surface area contributed by atoms with Crippen molar-refractivity contribution in [1.82, 2.24) is 0 Å². The van der Waals surface area contributed by atoms with Crippen LogP contribution in [-0.2, 0) is 9.47 Å². The Bertz CT molecular complexity index is 412. The fraction of sp³-hybridized carbons (Fsp3) is 0.905. The molecule has 25 heavy (non-hydrogen) atoms. The molecule has 0 amide bonds. The summed E-state index contributed by atoms with van der Waals surface area (Å²) in [6.45, 7) is 4.08. The molecule has 0 aromatic rings. The molecule has 0 atom stereocenters. The maximum atomic E-state index is 12.3. The summed E-state index contributed by atoms with van der Waals surface area (Å²) in [5.41, 5.74) is 0. The molecule has 4 heteroatoms. The molecule has 0 radical (unpaired) electrons. The molecule has 144 valence electrons. The Morgan fingerprint density at radius 2 is 1.48 bits per heavy atom. The van der Waals surface area contributed by atoms with Gasteiger partial charge in [0.2, 0.25) is 0 Å². The third-order valence-electron chi connectivity index (χ3n) is 6.78. The first-order valence-electron chi connectivity index (χ1n) is 10.4. The number of hydrogen-bond donors (Lipinski definition) is 0. The summed E-state index contributed by atoms with van der Waals surface area (Å²) in [5.74, 6) is 3.00. The first-order valence-corrected chi connectivity index (χ1v) is 10.4. The first kappa shape index (κ1) is 19.3. The Labute approximate surface area is 151 Å². The van der Waals surface area contributed by atoms with E-state index in [9.17, 15) is 8.78 Å². The van der Waals surface area contributed by atoms with E-state index in [1.54, 1.807) is 0 Å². The number of halogens is 2. The van der Waals surface area contributed by atoms with E-state index < -0.39 is 6.08 Å². The summed E-state index contributed by atoms with van der Waals surface area (Å²) in [5, 5.41) is 0. The fourth-order valence-electron chi connectivity index (χ4n) is 4.95. The molecule has 3 aliphatic rings. The van der Waals surface area contributed by atoms with Gasteiger partial charge in [-0.3, -0.25) is 0 Å². The van der Waals surface area contributed by atoms with E-state index in [1.165, 1.54) is 25.7 Å². The van der Waals surface area contributed by atoms with Crippen LogP contribution >= 0.6 is 0 Å². The number of ether oxygens (including phenoxy) is 2. The molecule has 2 nitrogen and oxygen atoms in total. The van der Waals surface area contributed by atoms with E-state index in [0.717, 1.165) is 69.7 Å². The van der Waals surface area contributed by atoms with Crippen LogP contribution in [0.4, 0.5) is 8.78 Å². The largest absolute Gasteiger partial charge is 0.352 e. The second kappa shape index (κ2) is 9.45. The number of hydrogen-bond acceptors (Lipinski definition) is 2. The van der Waals surface area contributed by atoms with Crippen molar-refractivity contribution in [1.29, 1.82) is 0 Å². The van der Waals surface area contributed by atoms with Crippen LogP contribution in [0, 0.1) is 29.6 Å². The van der Waals surface area contributed by atoms with Gasteiger partial charge in [-0.05, 0) is 81.1 Å². The van der Waals surface area contributed by atoms with Gasteiger partial charge in [0.05, 0.1) is 13.2 Å². The molecule has 1 saturated heterocycles. The van der Waals surface area contributed by atoms with Gasteiger partial charge < -0.3 is 9.47 Å². The van der Waals surface area contributed by atoms with Crippen molar-refractivity contribution in [2.24, 2.45) is 29.6 Å². The average molecular weight is 356 g/mol. The quantitative estimate of drug-likeness (QED) is 0.586. The molecule has 3 rings (SSSR count). The molecule has 0 unspecified atom stereocenters. The highest BCUT2D eigenvalue weighted by atomic mass is 19.3. The monoisotopic (exact) mass is 356 g/mol. The van der Waals surface area contributed by atoms with Crippen LogP contribution in [0.3, 0.4) is 0 Å². The third-order valence-corrected chi connectivity index (χ3v) is 6.78. The fourth-order valence-corrected chi connectivity index (χ4v) is 4.95. The highest BCUT2D eigenvalue weighted by Crippen LogP contribution is 2.37. The van der Waals surface area contributed by atoms with Gasteiger partial charge in [-0.25, -0.2) is 0 Å². The van der Waals surface area contributed by atoms with Crippen LogP contribution in [0.2, 0.25) is 0 Å². The molecule has 2 saturated carbocycles. The lowest BCUT2D eigenvalue weighted by Gasteiger charge is -2.37. The van der Waals surface area contributed by atoms with Gasteiger partial charge in [-0.1, -0.05) is 19.8 Å². The molecule has 1 aliphatic heterocycles. The summed E-state index contributed by atoms with van der Waals surface area (Å²) >= 11 is 0. The average Bonchev–Trinajstić information content (AvgIpc) is 2.62. The summed E-state index contributed by atoms with van der Waals surface area (Å²) in [6.07, 6.45) is 10.9. The van der Waals surface area contributed by atoms with Gasteiger partial charge in [0.15, 0.2) is 6.29 Å². The zero-order chi connectivity index (χ0) is 17.6. The molecule has 1 heterocycles. The van der Waals surface area contributed by atoms with Crippen LogP contribution < -0.4 is 0 Å². The Morgan fingerprint density at radius 1 is 0.840 bits per heavy atom. The van der Waals surface area contributed by atoms with E-state index in [4.69, 9.17) is 9.47 Å². The molecule has 0 bridgehead atoms. The van der Waals surface area contributed by atoms with Crippen LogP contribution in [-0.4, -0.2) is 19.5 Å². The van der Waals surface area contributed by atoms with Crippen molar-refractivity contribution in [3.05, 3.63) is 12.2 Å². The number of rotatable bonds is 5. The van der Waals surface area contributed by atoms with Crippen LogP contribution in [0.1, 0.15) is 71.1 Å². The third kappa shape index (κ3) is 6.02. The van der Waals surface area contributed by atoms with Crippen molar-refractivity contribution in [2.75, 3.05) is 13.2 Å². The lowest BCUT2D eigenvalue weighted by molar-refractivity contribution is -0.213. The van der Waals surface area contributed by atoms with Gasteiger partial charge in [0, 0.05) is 5.92 Å². The predicted molar refractivity (Wildman–Crippen MR) is 95.3 cm³/mol. The minimum absolute atomic E-state index is 0.0420. The van der Waals surface area contributed by atoms with Crippen molar-refractivity contribution >= 4 is 0 Å². The van der Waals surface area contributed by atoms with E-state index in [1.807, 2.05) is 0 Å². The minimum Gasteiger partial charge on any atom is -0.352 e. The highest BCUT2D eigenvalue weighted by Gasteiger charge is 2.31. The first-order chi connectivity index (χ1) is 12.1. The second-order valence-electron chi connectivity index (χ2n) is 8.69. The Balaban J connectivity index is 1.30. The molecule has 0 aromatic carbocycles. The van der Waals surface area contributed by atoms with E-state index in [-0.39, 0.29) is 12.2 Å². The SMILES string of the molecule is CC1CCC(C2COC(CCC3CCC(C=C(F)F)CC3)OC2)CC1. The molecular formula is C21H34F2O2. The summed E-state index contributed by atoms with van der Waals surface area (Å²) < 4.78 is 36.7. The molecule has 0 N–H and O–H groups in total. The maximum absolute atomic E-state index is 12.3. The zero-order valence-corrected chi connectivity index (χ0v) is 15.6. The van der Waals surface area contributed by atoms with Crippen molar-refractivity contribution in [3.8, 4) is 0 Å². The summed E-state index contributed by atoms with van der Waals surface area (Å²) in [7, 11) is 0. The van der Waals surface area contributed by atoms with Crippen molar-refractivity contribution in [2.45, 2.75) is 77.4 Å². The van der Waals surface area contributed by atoms with Gasteiger partial charge >= 0.3 is 0 Å².